The highest BCUT2D eigenvalue weighted by molar-refractivity contribution is 5.94. The molecular weight excluding hydrogens is 355 g/mol. The number of carbonyl (C=O) groups is 1. The average molecular weight is 384 g/mol. The number of aryl methyl sites for hydroxylation is 1. The van der Waals surface area contributed by atoms with Gasteiger partial charge in [0.15, 0.2) is 5.69 Å². The number of rotatable bonds is 5. The largest absolute Gasteiger partial charge is 0.337 e. The summed E-state index contributed by atoms with van der Waals surface area (Å²) in [7, 11) is 1.94. The zero-order valence-corrected chi connectivity index (χ0v) is 16.6. The fourth-order valence-corrected chi connectivity index (χ4v) is 4.49. The zero-order valence-electron chi connectivity index (χ0n) is 16.6. The Labute approximate surface area is 165 Å². The third-order valence-electron chi connectivity index (χ3n) is 6.09. The fourth-order valence-electron chi connectivity index (χ4n) is 4.49. The van der Waals surface area contributed by atoms with Gasteiger partial charge in [0.25, 0.3) is 5.91 Å². The van der Waals surface area contributed by atoms with Crippen LogP contribution in [0.25, 0.3) is 0 Å². The number of benzene rings is 1. The maximum atomic E-state index is 13.8. The lowest BCUT2D eigenvalue weighted by Crippen LogP contribution is -2.38. The maximum Gasteiger partial charge on any atom is 0.274 e. The number of nitrogens with one attached hydrogen (secondary N) is 1. The predicted molar refractivity (Wildman–Crippen MR) is 107 cm³/mol. The van der Waals surface area contributed by atoms with Crippen molar-refractivity contribution in [2.75, 3.05) is 19.6 Å². The van der Waals surface area contributed by atoms with Crippen LogP contribution in [-0.4, -0.2) is 46.3 Å². The molecule has 2 aromatic rings. The Morgan fingerprint density at radius 3 is 2.82 bits per heavy atom. The highest BCUT2D eigenvalue weighted by Crippen LogP contribution is 2.26. The van der Waals surface area contributed by atoms with Crippen molar-refractivity contribution in [3.63, 3.8) is 0 Å². The second kappa shape index (κ2) is 8.43. The van der Waals surface area contributed by atoms with E-state index in [0.717, 1.165) is 62.9 Å². The Hall–Kier alpha value is -2.21. The van der Waals surface area contributed by atoms with Crippen LogP contribution in [0.15, 0.2) is 24.3 Å². The van der Waals surface area contributed by atoms with Gasteiger partial charge in [-0.25, -0.2) is 4.39 Å². The minimum absolute atomic E-state index is 0.0866. The van der Waals surface area contributed by atoms with Crippen molar-refractivity contribution in [3.05, 3.63) is 52.6 Å². The van der Waals surface area contributed by atoms with Gasteiger partial charge in [0.05, 0.1) is 0 Å². The van der Waals surface area contributed by atoms with Crippen LogP contribution < -0.4 is 5.32 Å². The number of aromatic nitrogens is 2. The summed E-state index contributed by atoms with van der Waals surface area (Å²) in [6, 6.07) is 7.25. The standard InChI is InChI=1S/C22H29FN4O/c1-26-20-10-9-17(24-12-11-16-7-3-4-8-19(16)23)15-18(20)21(25-26)22(28)27-13-5-2-6-14-27/h3-4,7-8,17,24H,2,5-6,9-15H2,1H3/t17-/m1/s1. The summed E-state index contributed by atoms with van der Waals surface area (Å²) in [5.74, 6) is -0.0551. The van der Waals surface area contributed by atoms with Gasteiger partial charge >= 0.3 is 0 Å². The minimum atomic E-state index is -0.142. The van der Waals surface area contributed by atoms with E-state index in [0.29, 0.717) is 18.2 Å². The first-order valence-corrected chi connectivity index (χ1v) is 10.4. The van der Waals surface area contributed by atoms with Crippen molar-refractivity contribution in [1.82, 2.24) is 20.0 Å². The third kappa shape index (κ3) is 3.97. The SMILES string of the molecule is Cn1nc(C(=O)N2CCCCC2)c2c1CC[C@@H](NCCc1ccccc1F)C2. The maximum absolute atomic E-state index is 13.8. The van der Waals surface area contributed by atoms with Gasteiger partial charge in [-0.3, -0.25) is 9.48 Å². The Kier molecular flexibility index (Phi) is 5.76. The summed E-state index contributed by atoms with van der Waals surface area (Å²) in [6.45, 7) is 2.42. The molecule has 2 aliphatic rings. The van der Waals surface area contributed by atoms with Crippen LogP contribution in [0.3, 0.4) is 0 Å². The van der Waals surface area contributed by atoms with Crippen LogP contribution in [0, 0.1) is 5.82 Å². The van der Waals surface area contributed by atoms with E-state index in [2.05, 4.69) is 10.4 Å². The van der Waals surface area contributed by atoms with Crippen molar-refractivity contribution in [2.24, 2.45) is 7.05 Å². The summed E-state index contributed by atoms with van der Waals surface area (Å²) in [4.78, 5) is 15.0. The number of nitrogens with zero attached hydrogens (tertiary/aromatic N) is 3. The van der Waals surface area contributed by atoms with E-state index < -0.39 is 0 Å². The van der Waals surface area contributed by atoms with Gasteiger partial charge in [0.1, 0.15) is 5.82 Å². The molecule has 150 valence electrons. The molecular formula is C22H29FN4O. The van der Waals surface area contributed by atoms with Gasteiger partial charge in [-0.05, 0) is 63.1 Å². The van der Waals surface area contributed by atoms with Crippen LogP contribution in [0.4, 0.5) is 4.39 Å². The predicted octanol–water partition coefficient (Wildman–Crippen LogP) is 2.87. The Morgan fingerprint density at radius 1 is 1.25 bits per heavy atom. The molecule has 0 radical (unpaired) electrons. The number of piperidine rings is 1. The van der Waals surface area contributed by atoms with Gasteiger partial charge in [-0.2, -0.15) is 5.10 Å². The van der Waals surface area contributed by atoms with Crippen LogP contribution in [0.2, 0.25) is 0 Å². The number of fused-ring (bicyclic) bond motifs is 1. The molecule has 4 rings (SSSR count). The first-order valence-electron chi connectivity index (χ1n) is 10.4. The smallest absolute Gasteiger partial charge is 0.274 e. The topological polar surface area (TPSA) is 50.2 Å². The molecule has 28 heavy (non-hydrogen) atoms. The highest BCUT2D eigenvalue weighted by Gasteiger charge is 2.30. The number of carbonyl (C=O) groups excluding carboxylic acids is 1. The molecule has 1 saturated heterocycles. The van der Waals surface area contributed by atoms with Crippen LogP contribution >= 0.6 is 0 Å². The van der Waals surface area contributed by atoms with Crippen LogP contribution in [-0.2, 0) is 26.3 Å². The molecule has 0 saturated carbocycles. The average Bonchev–Trinajstić information content (AvgIpc) is 3.05. The number of likely N-dealkylation sites (tertiary alicyclic amines) is 1. The van der Waals surface area contributed by atoms with Crippen LogP contribution in [0.1, 0.15) is 53.0 Å². The van der Waals surface area contributed by atoms with Gasteiger partial charge in [-0.1, -0.05) is 18.2 Å². The number of hydrogen-bond acceptors (Lipinski definition) is 3. The van der Waals surface area contributed by atoms with E-state index in [-0.39, 0.29) is 11.7 Å². The molecule has 1 aromatic carbocycles. The quantitative estimate of drug-likeness (QED) is 0.862. The highest BCUT2D eigenvalue weighted by atomic mass is 19.1. The molecule has 1 atom stereocenters. The van der Waals surface area contributed by atoms with Crippen molar-refractivity contribution >= 4 is 5.91 Å². The fraction of sp³-hybridized carbons (Fsp3) is 0.545. The molecule has 1 aromatic heterocycles. The van der Waals surface area contributed by atoms with Crippen molar-refractivity contribution in [2.45, 2.75) is 51.0 Å². The van der Waals surface area contributed by atoms with Crippen molar-refractivity contribution in [3.8, 4) is 0 Å². The lowest BCUT2D eigenvalue weighted by atomic mass is 9.90. The Bertz CT molecular complexity index is 841. The monoisotopic (exact) mass is 384 g/mol. The first kappa shape index (κ1) is 19.1. The van der Waals surface area contributed by atoms with E-state index >= 15 is 0 Å². The molecule has 1 N–H and O–H groups in total. The molecule has 1 amide bonds. The molecule has 2 heterocycles. The Balaban J connectivity index is 1.41. The summed E-state index contributed by atoms with van der Waals surface area (Å²) < 4.78 is 15.7. The van der Waals surface area contributed by atoms with Crippen molar-refractivity contribution in [1.29, 1.82) is 0 Å². The number of hydrogen-bond donors (Lipinski definition) is 1. The molecule has 1 aliphatic heterocycles. The number of halogens is 1. The van der Waals surface area contributed by atoms with E-state index in [9.17, 15) is 9.18 Å². The third-order valence-corrected chi connectivity index (χ3v) is 6.09. The number of amides is 1. The van der Waals surface area contributed by atoms with E-state index in [4.69, 9.17) is 0 Å². The lowest BCUT2D eigenvalue weighted by molar-refractivity contribution is 0.0716. The molecule has 6 heteroatoms. The van der Waals surface area contributed by atoms with Gasteiger partial charge in [0, 0.05) is 37.4 Å². The minimum Gasteiger partial charge on any atom is -0.337 e. The van der Waals surface area contributed by atoms with E-state index in [1.807, 2.05) is 28.8 Å². The molecule has 0 spiro atoms. The summed E-state index contributed by atoms with van der Waals surface area (Å²) in [5, 5.41) is 8.15. The second-order valence-corrected chi connectivity index (χ2v) is 7.99. The second-order valence-electron chi connectivity index (χ2n) is 7.99. The summed E-state index contributed by atoms with van der Waals surface area (Å²) in [5.41, 5.74) is 3.68. The van der Waals surface area contributed by atoms with E-state index in [1.54, 1.807) is 6.07 Å². The molecule has 0 bridgehead atoms. The summed E-state index contributed by atoms with van der Waals surface area (Å²) in [6.07, 6.45) is 6.79. The normalized spacial score (nSPS) is 19.5. The van der Waals surface area contributed by atoms with Crippen LogP contribution in [0.5, 0.6) is 0 Å². The Morgan fingerprint density at radius 2 is 2.04 bits per heavy atom. The van der Waals surface area contributed by atoms with Gasteiger partial charge in [0.2, 0.25) is 0 Å². The molecule has 5 nitrogen and oxygen atoms in total. The van der Waals surface area contributed by atoms with Gasteiger partial charge in [-0.15, -0.1) is 0 Å². The first-order chi connectivity index (χ1) is 13.6. The zero-order chi connectivity index (χ0) is 19.5. The molecule has 0 unspecified atom stereocenters. The van der Waals surface area contributed by atoms with Crippen molar-refractivity contribution < 1.29 is 9.18 Å². The molecule has 1 aliphatic carbocycles. The molecule has 1 fully saturated rings. The van der Waals surface area contributed by atoms with Gasteiger partial charge < -0.3 is 10.2 Å². The summed E-state index contributed by atoms with van der Waals surface area (Å²) >= 11 is 0. The lowest BCUT2D eigenvalue weighted by Gasteiger charge is -2.27. The van der Waals surface area contributed by atoms with E-state index in [1.165, 1.54) is 18.2 Å².